The maximum absolute atomic E-state index is 4.49. The van der Waals surface area contributed by atoms with Gasteiger partial charge >= 0.3 is 0 Å². The molecule has 0 fully saturated rings. The molecule has 0 saturated heterocycles. The number of aryl methyl sites for hydroxylation is 1. The molecule has 4 heteroatoms. The molecule has 0 spiro atoms. The Hall–Kier alpha value is -2.46. The maximum atomic E-state index is 4.49. The van der Waals surface area contributed by atoms with Gasteiger partial charge in [-0.2, -0.15) is 5.10 Å². The van der Waals surface area contributed by atoms with E-state index in [9.17, 15) is 0 Å². The number of pyridine rings is 1. The van der Waals surface area contributed by atoms with Crippen molar-refractivity contribution < 1.29 is 0 Å². The largest absolute Gasteiger partial charge is 0.299 e. The highest BCUT2D eigenvalue weighted by atomic mass is 15.3. The molecular formula is C17H18N4. The molecule has 21 heavy (non-hydrogen) atoms. The summed E-state index contributed by atoms with van der Waals surface area (Å²) in [5.74, 6) is 0. The summed E-state index contributed by atoms with van der Waals surface area (Å²) in [4.78, 5) is 4.49. The standard InChI is InChI=1S/C17H18N4/c1-21-15(10-12-20-21)13-19-17(14-7-3-2-4-8-14)16-9-5-6-11-18-16/h2-12,17,19H,13H2,1H3. The molecule has 106 valence electrons. The molecule has 1 aromatic carbocycles. The molecule has 0 saturated carbocycles. The van der Waals surface area contributed by atoms with E-state index in [2.05, 4.69) is 39.7 Å². The quantitative estimate of drug-likeness (QED) is 0.780. The Kier molecular flexibility index (Phi) is 4.07. The molecule has 2 aromatic heterocycles. The normalized spacial score (nSPS) is 12.2. The smallest absolute Gasteiger partial charge is 0.0754 e. The summed E-state index contributed by atoms with van der Waals surface area (Å²) < 4.78 is 1.88. The third-order valence-corrected chi connectivity index (χ3v) is 3.53. The van der Waals surface area contributed by atoms with Crippen LogP contribution in [0.3, 0.4) is 0 Å². The Bertz CT molecular complexity index is 637. The highest BCUT2D eigenvalue weighted by Gasteiger charge is 2.14. The van der Waals surface area contributed by atoms with Crippen molar-refractivity contribution in [3.8, 4) is 0 Å². The monoisotopic (exact) mass is 278 g/mol. The zero-order valence-electron chi connectivity index (χ0n) is 12.0. The van der Waals surface area contributed by atoms with Gasteiger partial charge in [0.2, 0.25) is 0 Å². The van der Waals surface area contributed by atoms with E-state index < -0.39 is 0 Å². The van der Waals surface area contributed by atoms with Crippen LogP contribution in [0.1, 0.15) is 23.0 Å². The Morgan fingerprint density at radius 2 is 1.81 bits per heavy atom. The summed E-state index contributed by atoms with van der Waals surface area (Å²) >= 11 is 0. The molecule has 0 aliphatic carbocycles. The highest BCUT2D eigenvalue weighted by molar-refractivity contribution is 5.27. The van der Waals surface area contributed by atoms with E-state index in [1.54, 1.807) is 0 Å². The predicted octanol–water partition coefficient (Wildman–Crippen LogP) is 2.69. The second kappa shape index (κ2) is 6.33. The topological polar surface area (TPSA) is 42.7 Å². The van der Waals surface area contributed by atoms with Crippen molar-refractivity contribution in [3.63, 3.8) is 0 Å². The molecule has 4 nitrogen and oxygen atoms in total. The summed E-state index contributed by atoms with van der Waals surface area (Å²) in [6.07, 6.45) is 3.65. The van der Waals surface area contributed by atoms with Crippen LogP contribution in [0.4, 0.5) is 0 Å². The highest BCUT2D eigenvalue weighted by Crippen LogP contribution is 2.20. The minimum absolute atomic E-state index is 0.0716. The molecule has 2 heterocycles. The van der Waals surface area contributed by atoms with Crippen LogP contribution in [0.2, 0.25) is 0 Å². The molecule has 3 aromatic rings. The first-order valence-corrected chi connectivity index (χ1v) is 7.01. The first-order chi connectivity index (χ1) is 10.3. The Morgan fingerprint density at radius 3 is 2.48 bits per heavy atom. The van der Waals surface area contributed by atoms with E-state index in [4.69, 9.17) is 0 Å². The van der Waals surface area contributed by atoms with Gasteiger partial charge in [-0.1, -0.05) is 36.4 Å². The predicted molar refractivity (Wildman–Crippen MR) is 82.6 cm³/mol. The Balaban J connectivity index is 1.85. The molecule has 0 radical (unpaired) electrons. The van der Waals surface area contributed by atoms with Crippen LogP contribution >= 0.6 is 0 Å². The molecule has 1 atom stereocenters. The number of rotatable bonds is 5. The summed E-state index contributed by atoms with van der Waals surface area (Å²) in [6.45, 7) is 0.743. The zero-order chi connectivity index (χ0) is 14.5. The lowest BCUT2D eigenvalue weighted by Crippen LogP contribution is -2.24. The van der Waals surface area contributed by atoms with Crippen molar-refractivity contribution in [2.24, 2.45) is 7.05 Å². The molecule has 3 rings (SSSR count). The number of hydrogen-bond acceptors (Lipinski definition) is 3. The van der Waals surface area contributed by atoms with Gasteiger partial charge in [0.25, 0.3) is 0 Å². The fourth-order valence-corrected chi connectivity index (χ4v) is 2.37. The van der Waals surface area contributed by atoms with E-state index in [0.29, 0.717) is 0 Å². The minimum atomic E-state index is 0.0716. The summed E-state index contributed by atoms with van der Waals surface area (Å²) in [5, 5.41) is 7.77. The number of nitrogens with one attached hydrogen (secondary N) is 1. The van der Waals surface area contributed by atoms with Gasteiger partial charge in [-0.05, 0) is 23.8 Å². The second-order valence-electron chi connectivity index (χ2n) is 4.93. The summed E-state index contributed by atoms with van der Waals surface area (Å²) in [5.41, 5.74) is 3.37. The first kappa shape index (κ1) is 13.5. The fraction of sp³-hybridized carbons (Fsp3) is 0.176. The van der Waals surface area contributed by atoms with Gasteiger partial charge in [0, 0.05) is 26.0 Å². The average Bonchev–Trinajstić information content (AvgIpc) is 2.95. The number of benzene rings is 1. The van der Waals surface area contributed by atoms with E-state index in [0.717, 1.165) is 17.9 Å². The van der Waals surface area contributed by atoms with Crippen molar-refractivity contribution >= 4 is 0 Å². The van der Waals surface area contributed by atoms with Crippen molar-refractivity contribution in [1.82, 2.24) is 20.1 Å². The third kappa shape index (κ3) is 3.17. The molecule has 1 N–H and O–H groups in total. The van der Waals surface area contributed by atoms with Gasteiger partial charge in [0.15, 0.2) is 0 Å². The molecular weight excluding hydrogens is 260 g/mol. The number of aromatic nitrogens is 3. The van der Waals surface area contributed by atoms with Gasteiger partial charge in [0.05, 0.1) is 17.4 Å². The molecule has 0 amide bonds. The lowest BCUT2D eigenvalue weighted by molar-refractivity contribution is 0.562. The number of hydrogen-bond donors (Lipinski definition) is 1. The SMILES string of the molecule is Cn1nccc1CNC(c1ccccc1)c1ccccn1. The third-order valence-electron chi connectivity index (χ3n) is 3.53. The summed E-state index contributed by atoms with van der Waals surface area (Å²) in [6, 6.07) is 18.5. The van der Waals surface area contributed by atoms with Crippen LogP contribution in [-0.4, -0.2) is 14.8 Å². The van der Waals surface area contributed by atoms with Crippen molar-refractivity contribution in [2.75, 3.05) is 0 Å². The van der Waals surface area contributed by atoms with E-state index in [-0.39, 0.29) is 6.04 Å². The van der Waals surface area contributed by atoms with Crippen LogP contribution < -0.4 is 5.32 Å². The minimum Gasteiger partial charge on any atom is -0.299 e. The van der Waals surface area contributed by atoms with Crippen molar-refractivity contribution in [1.29, 1.82) is 0 Å². The van der Waals surface area contributed by atoms with Crippen LogP contribution in [0.15, 0.2) is 67.0 Å². The van der Waals surface area contributed by atoms with Crippen molar-refractivity contribution in [2.45, 2.75) is 12.6 Å². The van der Waals surface area contributed by atoms with Gasteiger partial charge in [-0.3, -0.25) is 15.0 Å². The van der Waals surface area contributed by atoms with Gasteiger partial charge < -0.3 is 0 Å². The average molecular weight is 278 g/mol. The van der Waals surface area contributed by atoms with Gasteiger partial charge in [-0.25, -0.2) is 0 Å². The molecule has 0 aliphatic heterocycles. The first-order valence-electron chi connectivity index (χ1n) is 7.01. The second-order valence-corrected chi connectivity index (χ2v) is 4.93. The van der Waals surface area contributed by atoms with E-state index >= 15 is 0 Å². The molecule has 0 aliphatic rings. The van der Waals surface area contributed by atoms with E-state index in [1.165, 1.54) is 5.56 Å². The molecule has 0 bridgehead atoms. The van der Waals surface area contributed by atoms with Crippen molar-refractivity contribution in [3.05, 3.63) is 83.9 Å². The Morgan fingerprint density at radius 1 is 1.00 bits per heavy atom. The van der Waals surface area contributed by atoms with E-state index in [1.807, 2.05) is 54.5 Å². The number of nitrogens with zero attached hydrogens (tertiary/aromatic N) is 3. The van der Waals surface area contributed by atoms with Gasteiger partial charge in [-0.15, -0.1) is 0 Å². The maximum Gasteiger partial charge on any atom is 0.0754 e. The lowest BCUT2D eigenvalue weighted by atomic mass is 10.0. The zero-order valence-corrected chi connectivity index (χ0v) is 12.0. The Labute approximate surface area is 124 Å². The van der Waals surface area contributed by atoms with Crippen LogP contribution in [-0.2, 0) is 13.6 Å². The van der Waals surface area contributed by atoms with Crippen LogP contribution in [0.25, 0.3) is 0 Å². The van der Waals surface area contributed by atoms with Crippen LogP contribution in [0.5, 0.6) is 0 Å². The fourth-order valence-electron chi connectivity index (χ4n) is 2.37. The van der Waals surface area contributed by atoms with Gasteiger partial charge in [0.1, 0.15) is 0 Å². The lowest BCUT2D eigenvalue weighted by Gasteiger charge is -2.19. The van der Waals surface area contributed by atoms with Crippen LogP contribution in [0, 0.1) is 0 Å². The molecule has 1 unspecified atom stereocenters. The summed E-state index contributed by atoms with van der Waals surface area (Å²) in [7, 11) is 1.95.